The molecule has 1 N–H and O–H groups in total. The summed E-state index contributed by atoms with van der Waals surface area (Å²) in [6.45, 7) is 5.65. The number of alkyl halides is 1. The second-order valence-electron chi connectivity index (χ2n) is 4.15. The third-order valence-electron chi connectivity index (χ3n) is 2.63. The molecule has 0 saturated carbocycles. The van der Waals surface area contributed by atoms with Gasteiger partial charge in [-0.25, -0.2) is 13.1 Å². The molecule has 0 aliphatic heterocycles. The number of hydrogen-bond acceptors (Lipinski definition) is 2. The minimum absolute atomic E-state index is 0.0695. The molecule has 0 saturated heterocycles. The van der Waals surface area contributed by atoms with Gasteiger partial charge in [0.1, 0.15) is 0 Å². The first-order valence-corrected chi connectivity index (χ1v) is 8.16. The van der Waals surface area contributed by atoms with Gasteiger partial charge in [0, 0.05) is 11.4 Å². The summed E-state index contributed by atoms with van der Waals surface area (Å²) in [5.74, 6) is 0. The summed E-state index contributed by atoms with van der Waals surface area (Å²) >= 11 is 3.31. The second-order valence-corrected chi connectivity index (χ2v) is 6.48. The zero-order valence-electron chi connectivity index (χ0n) is 10.3. The summed E-state index contributed by atoms with van der Waals surface area (Å²) in [7, 11) is -3.42. The van der Waals surface area contributed by atoms with Crippen molar-refractivity contribution in [3.8, 4) is 0 Å². The summed E-state index contributed by atoms with van der Waals surface area (Å²) in [6.07, 6.45) is 0.759. The monoisotopic (exact) mass is 319 g/mol. The predicted octanol–water partition coefficient (Wildman–Crippen LogP) is 2.76. The Hall–Kier alpha value is -0.390. The van der Waals surface area contributed by atoms with Crippen LogP contribution in [0.4, 0.5) is 0 Å². The van der Waals surface area contributed by atoms with Crippen LogP contribution in [-0.2, 0) is 10.0 Å². The highest BCUT2D eigenvalue weighted by atomic mass is 79.9. The molecule has 0 bridgehead atoms. The van der Waals surface area contributed by atoms with Gasteiger partial charge in [0.2, 0.25) is 10.0 Å². The van der Waals surface area contributed by atoms with E-state index in [-0.39, 0.29) is 6.04 Å². The Bertz CT molecular complexity index is 481. The summed E-state index contributed by atoms with van der Waals surface area (Å²) in [5.41, 5.74) is 1.72. The van der Waals surface area contributed by atoms with Crippen LogP contribution >= 0.6 is 15.9 Å². The Morgan fingerprint density at radius 1 is 1.35 bits per heavy atom. The third kappa shape index (κ3) is 3.79. The van der Waals surface area contributed by atoms with Gasteiger partial charge in [-0.2, -0.15) is 0 Å². The summed E-state index contributed by atoms with van der Waals surface area (Å²) < 4.78 is 27.1. The van der Waals surface area contributed by atoms with Gasteiger partial charge < -0.3 is 0 Å². The van der Waals surface area contributed by atoms with Crippen LogP contribution in [0.1, 0.15) is 24.5 Å². The number of sulfonamides is 1. The number of hydrogen-bond donors (Lipinski definition) is 1. The van der Waals surface area contributed by atoms with Crippen molar-refractivity contribution in [1.82, 2.24) is 4.72 Å². The smallest absolute Gasteiger partial charge is 0.207 e. The number of benzene rings is 1. The number of aryl methyl sites for hydroxylation is 2. The molecule has 3 nitrogen and oxygen atoms in total. The molecule has 0 aliphatic carbocycles. The first-order valence-electron chi connectivity index (χ1n) is 5.56. The van der Waals surface area contributed by atoms with Crippen molar-refractivity contribution < 1.29 is 8.42 Å². The van der Waals surface area contributed by atoms with Crippen molar-refractivity contribution in [1.29, 1.82) is 0 Å². The summed E-state index contributed by atoms with van der Waals surface area (Å²) in [5, 5.41) is 0.619. The van der Waals surface area contributed by atoms with Gasteiger partial charge in [-0.05, 0) is 37.5 Å². The molecular weight excluding hydrogens is 302 g/mol. The maximum Gasteiger partial charge on any atom is 0.241 e. The van der Waals surface area contributed by atoms with Crippen LogP contribution in [0.5, 0.6) is 0 Å². The molecule has 1 unspecified atom stereocenters. The first kappa shape index (κ1) is 14.7. The molecule has 5 heteroatoms. The first-order chi connectivity index (χ1) is 7.90. The average Bonchev–Trinajstić information content (AvgIpc) is 2.29. The minimum atomic E-state index is -3.42. The summed E-state index contributed by atoms with van der Waals surface area (Å²) in [6, 6.07) is 5.38. The van der Waals surface area contributed by atoms with Gasteiger partial charge >= 0.3 is 0 Å². The molecular formula is C12H18BrNO2S. The van der Waals surface area contributed by atoms with E-state index in [9.17, 15) is 8.42 Å². The van der Waals surface area contributed by atoms with E-state index < -0.39 is 10.0 Å². The zero-order valence-corrected chi connectivity index (χ0v) is 12.7. The fourth-order valence-electron chi connectivity index (χ4n) is 1.50. The molecule has 1 rings (SSSR count). The SMILES string of the molecule is CCC(CBr)NS(=O)(=O)c1cc(C)ccc1C. The molecule has 17 heavy (non-hydrogen) atoms. The van der Waals surface area contributed by atoms with Gasteiger partial charge in [-0.1, -0.05) is 35.0 Å². The van der Waals surface area contributed by atoms with E-state index in [1.165, 1.54) is 0 Å². The van der Waals surface area contributed by atoms with Gasteiger partial charge in [-0.15, -0.1) is 0 Å². The van der Waals surface area contributed by atoms with Crippen LogP contribution in [0, 0.1) is 13.8 Å². The van der Waals surface area contributed by atoms with Gasteiger partial charge in [0.25, 0.3) is 0 Å². The van der Waals surface area contributed by atoms with Gasteiger partial charge in [0.15, 0.2) is 0 Å². The highest BCUT2D eigenvalue weighted by molar-refractivity contribution is 9.09. The highest BCUT2D eigenvalue weighted by Crippen LogP contribution is 2.17. The van der Waals surface area contributed by atoms with Crippen molar-refractivity contribution >= 4 is 26.0 Å². The Balaban J connectivity index is 3.09. The Labute approximate surface area is 112 Å². The lowest BCUT2D eigenvalue weighted by molar-refractivity contribution is 0.558. The molecule has 0 aromatic heterocycles. The number of nitrogens with one attached hydrogen (secondary N) is 1. The number of halogens is 1. The van der Waals surface area contributed by atoms with E-state index in [0.717, 1.165) is 17.5 Å². The van der Waals surface area contributed by atoms with Crippen molar-refractivity contribution in [3.63, 3.8) is 0 Å². The van der Waals surface area contributed by atoms with Gasteiger partial charge in [-0.3, -0.25) is 0 Å². The number of rotatable bonds is 5. The quantitative estimate of drug-likeness (QED) is 0.848. The molecule has 0 spiro atoms. The molecule has 0 amide bonds. The Morgan fingerprint density at radius 3 is 2.53 bits per heavy atom. The lowest BCUT2D eigenvalue weighted by atomic mass is 10.2. The maximum atomic E-state index is 12.2. The minimum Gasteiger partial charge on any atom is -0.207 e. The molecule has 1 atom stereocenters. The third-order valence-corrected chi connectivity index (χ3v) is 5.08. The van der Waals surface area contributed by atoms with E-state index in [4.69, 9.17) is 0 Å². The summed E-state index contributed by atoms with van der Waals surface area (Å²) in [4.78, 5) is 0.372. The molecule has 0 heterocycles. The predicted molar refractivity (Wildman–Crippen MR) is 74.1 cm³/mol. The molecule has 1 aromatic rings. The van der Waals surface area contributed by atoms with Crippen LogP contribution in [0.15, 0.2) is 23.1 Å². The maximum absolute atomic E-state index is 12.2. The average molecular weight is 320 g/mol. The largest absolute Gasteiger partial charge is 0.241 e. The standard InChI is InChI=1S/C12H18BrNO2S/c1-4-11(8-13)14-17(15,16)12-7-9(2)5-6-10(12)3/h5-7,11,14H,4,8H2,1-3H3. The second kappa shape index (κ2) is 5.98. The van der Waals surface area contributed by atoms with E-state index in [0.29, 0.717) is 10.2 Å². The van der Waals surface area contributed by atoms with Crippen molar-refractivity contribution in [2.45, 2.75) is 38.1 Å². The Kier molecular flexibility index (Phi) is 5.16. The fraction of sp³-hybridized carbons (Fsp3) is 0.500. The van der Waals surface area contributed by atoms with E-state index in [1.807, 2.05) is 32.9 Å². The molecule has 96 valence electrons. The van der Waals surface area contributed by atoms with Crippen molar-refractivity contribution in [2.75, 3.05) is 5.33 Å². The van der Waals surface area contributed by atoms with Gasteiger partial charge in [0.05, 0.1) is 4.90 Å². The van der Waals surface area contributed by atoms with E-state index in [2.05, 4.69) is 20.7 Å². The van der Waals surface area contributed by atoms with Crippen LogP contribution in [0.25, 0.3) is 0 Å². The Morgan fingerprint density at radius 2 is 2.00 bits per heavy atom. The molecule has 1 aromatic carbocycles. The molecule has 0 radical (unpaired) electrons. The van der Waals surface area contributed by atoms with Crippen LogP contribution in [0.2, 0.25) is 0 Å². The van der Waals surface area contributed by atoms with Crippen molar-refractivity contribution in [2.24, 2.45) is 0 Å². The fourth-order valence-corrected chi connectivity index (χ4v) is 3.99. The normalized spacial score (nSPS) is 13.6. The topological polar surface area (TPSA) is 46.2 Å². The van der Waals surface area contributed by atoms with E-state index in [1.54, 1.807) is 6.07 Å². The lowest BCUT2D eigenvalue weighted by Crippen LogP contribution is -2.35. The van der Waals surface area contributed by atoms with Crippen LogP contribution in [-0.4, -0.2) is 19.8 Å². The molecule has 0 aliphatic rings. The zero-order chi connectivity index (χ0) is 13.1. The van der Waals surface area contributed by atoms with Crippen LogP contribution < -0.4 is 4.72 Å². The lowest BCUT2D eigenvalue weighted by Gasteiger charge is -2.16. The molecule has 0 fully saturated rings. The highest BCUT2D eigenvalue weighted by Gasteiger charge is 2.20. The van der Waals surface area contributed by atoms with Crippen LogP contribution in [0.3, 0.4) is 0 Å². The van der Waals surface area contributed by atoms with E-state index >= 15 is 0 Å². The van der Waals surface area contributed by atoms with Crippen molar-refractivity contribution in [3.05, 3.63) is 29.3 Å².